The van der Waals surface area contributed by atoms with Crippen molar-refractivity contribution in [3.63, 3.8) is 0 Å². The fourth-order valence-electron chi connectivity index (χ4n) is 1.37. The Morgan fingerprint density at radius 3 is 2.64 bits per heavy atom. The third-order valence-corrected chi connectivity index (χ3v) is 3.02. The van der Waals surface area contributed by atoms with Gasteiger partial charge in [-0.25, -0.2) is 0 Å². The summed E-state index contributed by atoms with van der Waals surface area (Å²) in [6.07, 6.45) is -4.37. The molecule has 2 nitrogen and oxygen atoms in total. The van der Waals surface area contributed by atoms with Gasteiger partial charge in [0, 0.05) is 17.3 Å². The molecule has 0 aliphatic carbocycles. The average molecular weight is 220 g/mol. The molecule has 0 bridgehead atoms. The average Bonchev–Trinajstić information content (AvgIpc) is 2.49. The summed E-state index contributed by atoms with van der Waals surface area (Å²) < 4.78 is 38.7. The van der Waals surface area contributed by atoms with E-state index < -0.39 is 11.9 Å². The Morgan fingerprint density at radius 2 is 2.07 bits per heavy atom. The summed E-state index contributed by atoms with van der Waals surface area (Å²) in [5.41, 5.74) is -0.792. The van der Waals surface area contributed by atoms with Gasteiger partial charge >= 0.3 is 6.18 Å². The van der Waals surface area contributed by atoms with Crippen LogP contribution in [0, 0.1) is 6.92 Å². The van der Waals surface area contributed by atoms with E-state index in [0.717, 1.165) is 4.88 Å². The Labute approximate surface area is 82.0 Å². The second-order valence-corrected chi connectivity index (χ2v) is 4.28. The van der Waals surface area contributed by atoms with E-state index in [-0.39, 0.29) is 5.39 Å². The number of hydrogen-bond donors (Lipinski definition) is 0. The minimum atomic E-state index is -4.37. The van der Waals surface area contributed by atoms with E-state index in [0.29, 0.717) is 4.83 Å². The Morgan fingerprint density at radius 1 is 1.43 bits per heavy atom. The van der Waals surface area contributed by atoms with E-state index in [1.54, 1.807) is 6.92 Å². The van der Waals surface area contributed by atoms with Crippen LogP contribution in [0.1, 0.15) is 10.6 Å². The molecule has 2 heterocycles. The van der Waals surface area contributed by atoms with Crippen LogP contribution in [0.2, 0.25) is 0 Å². The molecule has 0 aliphatic rings. The van der Waals surface area contributed by atoms with Crippen LogP contribution in [-0.4, -0.2) is 9.78 Å². The zero-order chi connectivity index (χ0) is 10.5. The minimum Gasteiger partial charge on any atom is -0.257 e. The number of alkyl halides is 3. The molecular formula is C8H7F3N2S. The number of nitrogens with zero attached hydrogens (tertiary/aromatic N) is 2. The molecule has 14 heavy (non-hydrogen) atoms. The zero-order valence-corrected chi connectivity index (χ0v) is 8.33. The van der Waals surface area contributed by atoms with Crippen LogP contribution >= 0.6 is 11.3 Å². The lowest BCUT2D eigenvalue weighted by Crippen LogP contribution is -2.07. The van der Waals surface area contributed by atoms with Gasteiger partial charge in [-0.1, -0.05) is 0 Å². The fraction of sp³-hybridized carbons (Fsp3) is 0.375. The van der Waals surface area contributed by atoms with Gasteiger partial charge in [-0.3, -0.25) is 4.68 Å². The second kappa shape index (κ2) is 2.73. The first-order valence-electron chi connectivity index (χ1n) is 3.90. The van der Waals surface area contributed by atoms with Crippen LogP contribution in [0.25, 0.3) is 10.2 Å². The molecule has 76 valence electrons. The molecule has 6 heteroatoms. The van der Waals surface area contributed by atoms with Crippen LogP contribution in [-0.2, 0) is 13.2 Å². The smallest absolute Gasteiger partial charge is 0.257 e. The third kappa shape index (κ3) is 1.30. The van der Waals surface area contributed by atoms with Gasteiger partial charge in [0.05, 0.1) is 0 Å². The summed E-state index contributed by atoms with van der Waals surface area (Å²) in [5.74, 6) is 0. The highest BCUT2D eigenvalue weighted by Crippen LogP contribution is 2.36. The number of aromatic nitrogens is 2. The predicted molar refractivity (Wildman–Crippen MR) is 48.3 cm³/mol. The topological polar surface area (TPSA) is 17.8 Å². The number of rotatable bonds is 0. The van der Waals surface area contributed by atoms with Crippen molar-refractivity contribution in [1.29, 1.82) is 0 Å². The predicted octanol–water partition coefficient (Wildman–Crippen LogP) is 2.96. The summed E-state index contributed by atoms with van der Waals surface area (Å²) in [7, 11) is 1.52. The number of hydrogen-bond acceptors (Lipinski definition) is 2. The van der Waals surface area contributed by atoms with Gasteiger partial charge in [0.1, 0.15) is 4.83 Å². The summed E-state index contributed by atoms with van der Waals surface area (Å²) in [6.45, 7) is 1.78. The zero-order valence-electron chi connectivity index (χ0n) is 7.51. The lowest BCUT2D eigenvalue weighted by molar-refractivity contribution is -0.140. The Kier molecular flexibility index (Phi) is 1.85. The second-order valence-electron chi connectivity index (χ2n) is 3.05. The Bertz CT molecular complexity index is 480. The quantitative estimate of drug-likeness (QED) is 0.667. The molecule has 0 N–H and O–H groups in total. The minimum absolute atomic E-state index is 0.197. The van der Waals surface area contributed by atoms with Crippen LogP contribution in [0.15, 0.2) is 6.07 Å². The largest absolute Gasteiger partial charge is 0.435 e. The molecule has 0 unspecified atom stereocenters. The van der Waals surface area contributed by atoms with Gasteiger partial charge in [-0.2, -0.15) is 18.3 Å². The molecule has 0 saturated heterocycles. The highest BCUT2D eigenvalue weighted by Gasteiger charge is 2.36. The van der Waals surface area contributed by atoms with Crippen molar-refractivity contribution in [2.24, 2.45) is 7.05 Å². The van der Waals surface area contributed by atoms with Gasteiger partial charge in [0.25, 0.3) is 0 Å². The number of halogens is 3. The van der Waals surface area contributed by atoms with E-state index in [1.807, 2.05) is 0 Å². The van der Waals surface area contributed by atoms with E-state index in [1.165, 1.54) is 29.1 Å². The van der Waals surface area contributed by atoms with E-state index >= 15 is 0 Å². The van der Waals surface area contributed by atoms with Crippen molar-refractivity contribution >= 4 is 21.6 Å². The standard InChI is InChI=1S/C8H7F3N2S/c1-4-3-5-6(8(9,10)11)12-13(2)7(5)14-4/h3H,1-2H3. The fourth-order valence-corrected chi connectivity index (χ4v) is 2.29. The maximum Gasteiger partial charge on any atom is 0.435 e. The van der Waals surface area contributed by atoms with Crippen LogP contribution < -0.4 is 0 Å². The highest BCUT2D eigenvalue weighted by molar-refractivity contribution is 7.18. The van der Waals surface area contributed by atoms with Gasteiger partial charge in [0.2, 0.25) is 0 Å². The highest BCUT2D eigenvalue weighted by atomic mass is 32.1. The first-order valence-corrected chi connectivity index (χ1v) is 4.71. The molecule has 0 radical (unpaired) electrons. The van der Waals surface area contributed by atoms with E-state index in [4.69, 9.17) is 0 Å². The molecule has 2 aromatic rings. The van der Waals surface area contributed by atoms with Crippen molar-refractivity contribution in [3.05, 3.63) is 16.6 Å². The molecule has 2 rings (SSSR count). The molecule has 0 fully saturated rings. The summed E-state index contributed by atoms with van der Waals surface area (Å²) in [4.78, 5) is 1.42. The number of thiophene rings is 1. The normalized spacial score (nSPS) is 12.6. The monoisotopic (exact) mass is 220 g/mol. The molecule has 0 aromatic carbocycles. The van der Waals surface area contributed by atoms with Crippen molar-refractivity contribution in [2.75, 3.05) is 0 Å². The van der Waals surface area contributed by atoms with Crippen LogP contribution in [0.5, 0.6) is 0 Å². The van der Waals surface area contributed by atoms with E-state index in [9.17, 15) is 13.2 Å². The van der Waals surface area contributed by atoms with E-state index in [2.05, 4.69) is 5.10 Å². The number of aryl methyl sites for hydroxylation is 2. The third-order valence-electron chi connectivity index (χ3n) is 1.90. The maximum atomic E-state index is 12.5. The summed E-state index contributed by atoms with van der Waals surface area (Å²) in [6, 6.07) is 1.52. The molecular weight excluding hydrogens is 213 g/mol. The van der Waals surface area contributed by atoms with Gasteiger partial charge in [0.15, 0.2) is 5.69 Å². The number of fused-ring (bicyclic) bond motifs is 1. The summed E-state index contributed by atoms with van der Waals surface area (Å²) in [5, 5.41) is 3.66. The van der Waals surface area contributed by atoms with Crippen LogP contribution in [0.4, 0.5) is 13.2 Å². The first kappa shape index (κ1) is 9.51. The maximum absolute atomic E-state index is 12.5. The first-order chi connectivity index (χ1) is 6.39. The molecule has 0 aliphatic heterocycles. The lowest BCUT2D eigenvalue weighted by atomic mass is 10.3. The van der Waals surface area contributed by atoms with Gasteiger partial charge < -0.3 is 0 Å². The van der Waals surface area contributed by atoms with Gasteiger partial charge in [-0.15, -0.1) is 11.3 Å². The Balaban J connectivity index is 2.78. The molecule has 0 amide bonds. The van der Waals surface area contributed by atoms with Crippen molar-refractivity contribution in [1.82, 2.24) is 9.78 Å². The van der Waals surface area contributed by atoms with Crippen molar-refractivity contribution in [2.45, 2.75) is 13.1 Å². The van der Waals surface area contributed by atoms with Crippen molar-refractivity contribution in [3.8, 4) is 0 Å². The molecule has 2 aromatic heterocycles. The lowest BCUT2D eigenvalue weighted by Gasteiger charge is -2.00. The van der Waals surface area contributed by atoms with Gasteiger partial charge in [-0.05, 0) is 13.0 Å². The molecule has 0 spiro atoms. The van der Waals surface area contributed by atoms with Crippen LogP contribution in [0.3, 0.4) is 0 Å². The Hall–Kier alpha value is -1.04. The molecule has 0 atom stereocenters. The van der Waals surface area contributed by atoms with Crippen molar-refractivity contribution < 1.29 is 13.2 Å². The molecule has 0 saturated carbocycles. The SMILES string of the molecule is Cc1cc2c(C(F)(F)F)nn(C)c2s1. The summed E-state index contributed by atoms with van der Waals surface area (Å²) >= 11 is 1.32.